The number of nitrogens with zero attached hydrogens (tertiary/aromatic N) is 1. The van der Waals surface area contributed by atoms with Crippen LogP contribution in [0.2, 0.25) is 0 Å². The smallest absolute Gasteiger partial charge is 0.234 e. The zero-order valence-corrected chi connectivity index (χ0v) is 14.8. The number of amides is 1. The van der Waals surface area contributed by atoms with E-state index in [1.165, 1.54) is 10.5 Å². The molecule has 2 rings (SSSR count). The minimum Gasteiger partial charge on any atom is -0.348 e. The van der Waals surface area contributed by atoms with Gasteiger partial charge in [0.15, 0.2) is 0 Å². The zero-order chi connectivity index (χ0) is 16.7. The first-order valence-corrected chi connectivity index (χ1v) is 8.96. The van der Waals surface area contributed by atoms with Crippen LogP contribution in [0.5, 0.6) is 0 Å². The maximum Gasteiger partial charge on any atom is 0.234 e. The number of thioether (sulfide) groups is 1. The molecule has 0 aliphatic heterocycles. The van der Waals surface area contributed by atoms with Gasteiger partial charge in [-0.1, -0.05) is 42.5 Å². The van der Waals surface area contributed by atoms with E-state index in [0.29, 0.717) is 6.54 Å². The Kier molecular flexibility index (Phi) is 6.68. The molecule has 0 radical (unpaired) electrons. The summed E-state index contributed by atoms with van der Waals surface area (Å²) in [5.41, 5.74) is 2.34. The van der Waals surface area contributed by atoms with Crippen LogP contribution in [0.4, 0.5) is 0 Å². The van der Waals surface area contributed by atoms with Crippen molar-refractivity contribution in [3.63, 3.8) is 0 Å². The largest absolute Gasteiger partial charge is 0.348 e. The van der Waals surface area contributed by atoms with Crippen LogP contribution in [0.15, 0.2) is 59.5 Å². The van der Waals surface area contributed by atoms with E-state index in [1.54, 1.807) is 11.8 Å². The summed E-state index contributed by atoms with van der Waals surface area (Å²) in [6.45, 7) is 3.16. The standard InChI is InChI=1S/C19H24N2OS/c1-15(17-7-5-4-6-8-17)20-19(22)14-21(2)13-16-9-11-18(23-3)12-10-16/h4-12,15H,13-14H2,1-3H3,(H,20,22)/t15-/m1/s1. The molecular formula is C19H24N2OS. The van der Waals surface area contributed by atoms with Crippen LogP contribution < -0.4 is 5.32 Å². The van der Waals surface area contributed by atoms with Crippen molar-refractivity contribution in [2.45, 2.75) is 24.4 Å². The third-order valence-electron chi connectivity index (χ3n) is 3.70. The van der Waals surface area contributed by atoms with Gasteiger partial charge in [0.25, 0.3) is 0 Å². The Morgan fingerprint density at radius 1 is 1.13 bits per heavy atom. The average molecular weight is 328 g/mol. The zero-order valence-electron chi connectivity index (χ0n) is 14.0. The van der Waals surface area contributed by atoms with Gasteiger partial charge in [-0.25, -0.2) is 0 Å². The molecule has 0 aliphatic carbocycles. The van der Waals surface area contributed by atoms with Gasteiger partial charge < -0.3 is 5.32 Å². The summed E-state index contributed by atoms with van der Waals surface area (Å²) in [6, 6.07) is 18.5. The molecule has 0 saturated carbocycles. The molecule has 0 fully saturated rings. The number of carbonyl (C=O) groups excluding carboxylic acids is 1. The number of carbonyl (C=O) groups is 1. The summed E-state index contributed by atoms with van der Waals surface area (Å²) >= 11 is 1.73. The van der Waals surface area contributed by atoms with Crippen LogP contribution in [0, 0.1) is 0 Å². The fourth-order valence-electron chi connectivity index (χ4n) is 2.46. The fraction of sp³-hybridized carbons (Fsp3) is 0.316. The summed E-state index contributed by atoms with van der Waals surface area (Å²) in [5, 5.41) is 3.05. The van der Waals surface area contributed by atoms with Crippen LogP contribution in [0.1, 0.15) is 24.1 Å². The summed E-state index contributed by atoms with van der Waals surface area (Å²) in [7, 11) is 1.97. The molecule has 0 aromatic heterocycles. The van der Waals surface area contributed by atoms with E-state index in [4.69, 9.17) is 0 Å². The molecule has 2 aromatic carbocycles. The Bertz CT molecular complexity index is 613. The van der Waals surface area contributed by atoms with Gasteiger partial charge in [-0.2, -0.15) is 0 Å². The Morgan fingerprint density at radius 3 is 2.39 bits per heavy atom. The number of hydrogen-bond donors (Lipinski definition) is 1. The Hall–Kier alpha value is -1.78. The molecule has 122 valence electrons. The predicted octanol–water partition coefficient (Wildman–Crippen LogP) is 3.72. The Labute approximate surface area is 143 Å². The normalized spacial score (nSPS) is 12.2. The minimum atomic E-state index is 0.0259. The third-order valence-corrected chi connectivity index (χ3v) is 4.45. The second kappa shape index (κ2) is 8.75. The van der Waals surface area contributed by atoms with E-state index >= 15 is 0 Å². The summed E-state index contributed by atoms with van der Waals surface area (Å²) < 4.78 is 0. The van der Waals surface area contributed by atoms with E-state index < -0.39 is 0 Å². The molecule has 4 heteroatoms. The van der Waals surface area contributed by atoms with Crippen molar-refractivity contribution in [3.05, 3.63) is 65.7 Å². The van der Waals surface area contributed by atoms with Gasteiger partial charge in [0.1, 0.15) is 0 Å². The van der Waals surface area contributed by atoms with Crippen LogP contribution in [0.3, 0.4) is 0 Å². The third kappa shape index (κ3) is 5.73. The molecule has 0 bridgehead atoms. The minimum absolute atomic E-state index is 0.0259. The molecule has 0 spiro atoms. The summed E-state index contributed by atoms with van der Waals surface area (Å²) in [4.78, 5) is 15.5. The maximum atomic E-state index is 12.2. The molecule has 0 saturated heterocycles. The summed E-state index contributed by atoms with van der Waals surface area (Å²) in [6.07, 6.45) is 2.07. The number of benzene rings is 2. The van der Waals surface area contributed by atoms with E-state index in [2.05, 4.69) is 35.8 Å². The molecule has 0 heterocycles. The monoisotopic (exact) mass is 328 g/mol. The quantitative estimate of drug-likeness (QED) is 0.786. The Morgan fingerprint density at radius 2 is 1.78 bits per heavy atom. The van der Waals surface area contributed by atoms with E-state index in [1.807, 2.05) is 49.2 Å². The van der Waals surface area contributed by atoms with E-state index in [9.17, 15) is 4.79 Å². The van der Waals surface area contributed by atoms with E-state index in [-0.39, 0.29) is 11.9 Å². The lowest BCUT2D eigenvalue weighted by Gasteiger charge is -2.19. The second-order valence-electron chi connectivity index (χ2n) is 5.72. The van der Waals surface area contributed by atoms with Crippen LogP contribution in [0.25, 0.3) is 0 Å². The van der Waals surface area contributed by atoms with E-state index in [0.717, 1.165) is 12.1 Å². The molecule has 0 unspecified atom stereocenters. The van der Waals surface area contributed by atoms with Crippen molar-refractivity contribution >= 4 is 17.7 Å². The predicted molar refractivity (Wildman–Crippen MR) is 97.6 cm³/mol. The topological polar surface area (TPSA) is 32.3 Å². The molecule has 2 aromatic rings. The molecule has 3 nitrogen and oxygen atoms in total. The lowest BCUT2D eigenvalue weighted by atomic mass is 10.1. The summed E-state index contributed by atoms with van der Waals surface area (Å²) in [5.74, 6) is 0.0459. The van der Waals surface area contributed by atoms with Crippen LogP contribution in [-0.4, -0.2) is 30.7 Å². The fourth-order valence-corrected chi connectivity index (χ4v) is 2.86. The second-order valence-corrected chi connectivity index (χ2v) is 6.60. The van der Waals surface area contributed by atoms with Gasteiger partial charge in [0, 0.05) is 11.4 Å². The van der Waals surface area contributed by atoms with Gasteiger partial charge in [-0.15, -0.1) is 11.8 Å². The number of hydrogen-bond acceptors (Lipinski definition) is 3. The highest BCUT2D eigenvalue weighted by atomic mass is 32.2. The first-order valence-electron chi connectivity index (χ1n) is 7.74. The lowest BCUT2D eigenvalue weighted by Crippen LogP contribution is -2.36. The van der Waals surface area contributed by atoms with Crippen molar-refractivity contribution in [2.75, 3.05) is 19.8 Å². The SMILES string of the molecule is CSc1ccc(CN(C)CC(=O)N[C@H](C)c2ccccc2)cc1. The van der Waals surface area contributed by atoms with Crippen LogP contribution in [-0.2, 0) is 11.3 Å². The Balaban J connectivity index is 1.82. The molecule has 1 amide bonds. The molecule has 0 aliphatic rings. The van der Waals surface area contributed by atoms with Gasteiger partial charge in [0.05, 0.1) is 12.6 Å². The molecule has 23 heavy (non-hydrogen) atoms. The number of likely N-dealkylation sites (N-methyl/N-ethyl adjacent to an activating group) is 1. The molecular weight excluding hydrogens is 304 g/mol. The maximum absolute atomic E-state index is 12.2. The van der Waals surface area contributed by atoms with Crippen molar-refractivity contribution < 1.29 is 4.79 Å². The highest BCUT2D eigenvalue weighted by molar-refractivity contribution is 7.98. The van der Waals surface area contributed by atoms with Gasteiger partial charge in [-0.05, 0) is 43.5 Å². The highest BCUT2D eigenvalue weighted by Crippen LogP contribution is 2.15. The van der Waals surface area contributed by atoms with Gasteiger partial charge >= 0.3 is 0 Å². The van der Waals surface area contributed by atoms with Crippen molar-refractivity contribution in [1.82, 2.24) is 10.2 Å². The first-order chi connectivity index (χ1) is 11.1. The van der Waals surface area contributed by atoms with Crippen molar-refractivity contribution in [2.24, 2.45) is 0 Å². The van der Waals surface area contributed by atoms with Crippen LogP contribution >= 0.6 is 11.8 Å². The first kappa shape index (κ1) is 17.6. The molecule has 1 atom stereocenters. The van der Waals surface area contributed by atoms with Gasteiger partial charge in [0.2, 0.25) is 5.91 Å². The highest BCUT2D eigenvalue weighted by Gasteiger charge is 2.11. The molecule has 1 N–H and O–H groups in total. The van der Waals surface area contributed by atoms with Crippen molar-refractivity contribution in [1.29, 1.82) is 0 Å². The van der Waals surface area contributed by atoms with Crippen molar-refractivity contribution in [3.8, 4) is 0 Å². The number of rotatable bonds is 7. The lowest BCUT2D eigenvalue weighted by molar-refractivity contribution is -0.122. The number of nitrogens with one attached hydrogen (secondary N) is 1. The van der Waals surface area contributed by atoms with Gasteiger partial charge in [-0.3, -0.25) is 9.69 Å². The average Bonchev–Trinajstić information content (AvgIpc) is 2.56.